The van der Waals surface area contributed by atoms with Crippen molar-refractivity contribution >= 4 is 23.6 Å². The molecule has 3 aromatic rings. The molecule has 7 heteroatoms. The van der Waals surface area contributed by atoms with Gasteiger partial charge in [-0.3, -0.25) is 0 Å². The number of thiophene rings is 1. The predicted octanol–water partition coefficient (Wildman–Crippen LogP) is 3.68. The van der Waals surface area contributed by atoms with E-state index in [-0.39, 0.29) is 0 Å². The number of rotatable bonds is 5. The highest BCUT2D eigenvalue weighted by atomic mass is 32.1. The average molecular weight is 340 g/mol. The van der Waals surface area contributed by atoms with Gasteiger partial charge >= 0.3 is 6.09 Å². The van der Waals surface area contributed by atoms with Gasteiger partial charge in [0.2, 0.25) is 0 Å². The molecule has 1 amide bonds. The Kier molecular flexibility index (Phi) is 5.02. The summed E-state index contributed by atoms with van der Waals surface area (Å²) in [5.74, 6) is 0. The van der Waals surface area contributed by atoms with Crippen LogP contribution < -0.4 is 5.43 Å². The van der Waals surface area contributed by atoms with E-state index in [1.54, 1.807) is 29.2 Å². The lowest BCUT2D eigenvalue weighted by Crippen LogP contribution is -2.18. The Bertz CT molecular complexity index is 826. The number of benzene rings is 1. The minimum Gasteiger partial charge on any atom is -0.449 e. The molecule has 0 saturated carbocycles. The Morgan fingerprint density at radius 3 is 2.88 bits per heavy atom. The number of hydrogen-bond acceptors (Lipinski definition) is 5. The monoisotopic (exact) mass is 340 g/mol. The van der Waals surface area contributed by atoms with Gasteiger partial charge < -0.3 is 4.74 Å². The van der Waals surface area contributed by atoms with Crippen LogP contribution in [0.5, 0.6) is 0 Å². The van der Waals surface area contributed by atoms with E-state index in [1.165, 1.54) is 0 Å². The van der Waals surface area contributed by atoms with Gasteiger partial charge in [0.1, 0.15) is 5.69 Å². The van der Waals surface area contributed by atoms with Crippen LogP contribution in [0.1, 0.15) is 12.5 Å². The normalized spacial score (nSPS) is 10.9. The molecule has 2 heterocycles. The third kappa shape index (κ3) is 3.69. The van der Waals surface area contributed by atoms with Crippen molar-refractivity contribution in [3.05, 3.63) is 59.6 Å². The van der Waals surface area contributed by atoms with Crippen LogP contribution in [0.15, 0.2) is 59.1 Å². The van der Waals surface area contributed by atoms with Crippen molar-refractivity contribution in [3.63, 3.8) is 0 Å². The lowest BCUT2D eigenvalue weighted by atomic mass is 10.2. The van der Waals surface area contributed by atoms with Gasteiger partial charge in [-0.2, -0.15) is 10.2 Å². The maximum Gasteiger partial charge on any atom is 0.427 e. The molecule has 6 nitrogen and oxygen atoms in total. The Morgan fingerprint density at radius 1 is 1.33 bits per heavy atom. The fraction of sp³-hybridized carbons (Fsp3) is 0.118. The van der Waals surface area contributed by atoms with Crippen molar-refractivity contribution in [2.24, 2.45) is 5.10 Å². The smallest absolute Gasteiger partial charge is 0.427 e. The molecular formula is C17H16N4O2S. The molecule has 24 heavy (non-hydrogen) atoms. The van der Waals surface area contributed by atoms with Crippen LogP contribution in [0, 0.1) is 0 Å². The van der Waals surface area contributed by atoms with Crippen molar-refractivity contribution < 1.29 is 9.53 Å². The highest BCUT2D eigenvalue weighted by Crippen LogP contribution is 2.26. The fourth-order valence-corrected chi connectivity index (χ4v) is 2.85. The molecular weight excluding hydrogens is 324 g/mol. The van der Waals surface area contributed by atoms with E-state index in [0.717, 1.165) is 21.8 Å². The predicted molar refractivity (Wildman–Crippen MR) is 94.6 cm³/mol. The zero-order valence-electron chi connectivity index (χ0n) is 13.0. The number of hydrazone groups is 1. The molecule has 0 saturated heterocycles. The van der Waals surface area contributed by atoms with Crippen LogP contribution >= 0.6 is 11.3 Å². The van der Waals surface area contributed by atoms with Crippen LogP contribution in [0.2, 0.25) is 0 Å². The second-order valence-corrected chi connectivity index (χ2v) is 5.73. The van der Waals surface area contributed by atoms with E-state index >= 15 is 0 Å². The summed E-state index contributed by atoms with van der Waals surface area (Å²) in [6.45, 7) is 2.04. The van der Waals surface area contributed by atoms with Gasteiger partial charge in [0.05, 0.1) is 23.4 Å². The minimum atomic E-state index is -0.582. The first-order chi connectivity index (χ1) is 11.8. The molecule has 0 radical (unpaired) electrons. The Balaban J connectivity index is 1.90. The molecule has 122 valence electrons. The molecule has 1 N–H and O–H groups in total. The van der Waals surface area contributed by atoms with E-state index in [0.29, 0.717) is 6.61 Å². The van der Waals surface area contributed by atoms with Gasteiger partial charge in [-0.25, -0.2) is 14.9 Å². The van der Waals surface area contributed by atoms with E-state index in [1.807, 2.05) is 54.0 Å². The number of aromatic nitrogens is 2. The maximum atomic E-state index is 11.3. The molecule has 0 spiro atoms. The average Bonchev–Trinajstić information content (AvgIpc) is 3.25. The summed E-state index contributed by atoms with van der Waals surface area (Å²) in [5, 5.41) is 10.6. The first-order valence-corrected chi connectivity index (χ1v) is 8.30. The lowest BCUT2D eigenvalue weighted by Gasteiger charge is -1.98. The molecule has 0 bridgehead atoms. The van der Waals surface area contributed by atoms with Crippen molar-refractivity contribution in [1.29, 1.82) is 0 Å². The van der Waals surface area contributed by atoms with Crippen molar-refractivity contribution in [2.45, 2.75) is 6.92 Å². The molecule has 0 aliphatic carbocycles. The number of ether oxygens (including phenoxy) is 1. The molecule has 0 fully saturated rings. The van der Waals surface area contributed by atoms with Gasteiger partial charge in [-0.15, -0.1) is 11.3 Å². The standard InChI is InChI=1S/C17H16N4O2S/c1-2-23-17(22)19-18-11-13-12-21(14-7-4-3-5-8-14)20-16(13)15-9-6-10-24-15/h3-12H,2H2,1H3,(H,19,22)/b18-11-. The maximum absolute atomic E-state index is 11.3. The third-order valence-corrected chi connectivity index (χ3v) is 4.03. The molecule has 0 unspecified atom stereocenters. The summed E-state index contributed by atoms with van der Waals surface area (Å²) in [4.78, 5) is 12.3. The summed E-state index contributed by atoms with van der Waals surface area (Å²) in [6, 6.07) is 13.8. The lowest BCUT2D eigenvalue weighted by molar-refractivity contribution is 0.152. The molecule has 0 atom stereocenters. The minimum absolute atomic E-state index is 0.299. The largest absolute Gasteiger partial charge is 0.449 e. The number of nitrogens with zero attached hydrogens (tertiary/aromatic N) is 3. The molecule has 0 aliphatic rings. The van der Waals surface area contributed by atoms with Gasteiger partial charge in [0.25, 0.3) is 0 Å². The molecule has 0 aliphatic heterocycles. The molecule has 3 rings (SSSR count). The summed E-state index contributed by atoms with van der Waals surface area (Å²) >= 11 is 1.60. The number of nitrogens with one attached hydrogen (secondary N) is 1. The van der Waals surface area contributed by atoms with Crippen molar-refractivity contribution in [3.8, 4) is 16.3 Å². The van der Waals surface area contributed by atoms with Gasteiger partial charge in [0, 0.05) is 11.8 Å². The second kappa shape index (κ2) is 7.56. The highest BCUT2D eigenvalue weighted by molar-refractivity contribution is 7.13. The Labute approximate surface area is 143 Å². The van der Waals surface area contributed by atoms with Crippen LogP contribution in [-0.4, -0.2) is 28.7 Å². The van der Waals surface area contributed by atoms with E-state index in [9.17, 15) is 4.79 Å². The number of carbonyl (C=O) groups is 1. The molecule has 1 aromatic carbocycles. The summed E-state index contributed by atoms with van der Waals surface area (Å²) in [7, 11) is 0. The van der Waals surface area contributed by atoms with Gasteiger partial charge in [-0.05, 0) is 30.5 Å². The highest BCUT2D eigenvalue weighted by Gasteiger charge is 2.12. The SMILES string of the molecule is CCOC(=O)N/N=C\c1cn(-c2ccccc2)nc1-c1cccs1. The Hall–Kier alpha value is -2.93. The number of amides is 1. The van der Waals surface area contributed by atoms with Gasteiger partial charge in [0.15, 0.2) is 0 Å². The Morgan fingerprint density at radius 2 is 2.17 bits per heavy atom. The number of hydrogen-bond donors (Lipinski definition) is 1. The first-order valence-electron chi connectivity index (χ1n) is 7.42. The third-order valence-electron chi connectivity index (χ3n) is 3.15. The number of para-hydroxylation sites is 1. The molecule has 2 aromatic heterocycles. The van der Waals surface area contributed by atoms with E-state index in [4.69, 9.17) is 4.74 Å². The zero-order valence-corrected chi connectivity index (χ0v) is 13.9. The summed E-state index contributed by atoms with van der Waals surface area (Å²) in [5.41, 5.74) is 4.89. The summed E-state index contributed by atoms with van der Waals surface area (Å²) in [6.07, 6.45) is 2.86. The number of carbonyl (C=O) groups excluding carboxylic acids is 1. The van der Waals surface area contributed by atoms with Gasteiger partial charge in [-0.1, -0.05) is 24.3 Å². The second-order valence-electron chi connectivity index (χ2n) is 4.78. The van der Waals surface area contributed by atoms with Crippen LogP contribution in [0.4, 0.5) is 4.79 Å². The topological polar surface area (TPSA) is 68.5 Å². The fourth-order valence-electron chi connectivity index (χ4n) is 2.12. The van der Waals surface area contributed by atoms with E-state index < -0.39 is 6.09 Å². The van der Waals surface area contributed by atoms with E-state index in [2.05, 4.69) is 15.6 Å². The first kappa shape index (κ1) is 15.9. The van der Waals surface area contributed by atoms with Crippen molar-refractivity contribution in [2.75, 3.05) is 6.61 Å². The van der Waals surface area contributed by atoms with Crippen LogP contribution in [-0.2, 0) is 4.74 Å². The van der Waals surface area contributed by atoms with Crippen molar-refractivity contribution in [1.82, 2.24) is 15.2 Å². The summed E-state index contributed by atoms with van der Waals surface area (Å²) < 4.78 is 6.57. The van der Waals surface area contributed by atoms with Crippen LogP contribution in [0.3, 0.4) is 0 Å². The zero-order chi connectivity index (χ0) is 16.8. The quantitative estimate of drug-likeness (QED) is 0.569. The van der Waals surface area contributed by atoms with Crippen LogP contribution in [0.25, 0.3) is 16.3 Å².